The summed E-state index contributed by atoms with van der Waals surface area (Å²) in [6, 6.07) is 20.0. The molecule has 2 aliphatic rings. The molecule has 3 aromatic carbocycles. The van der Waals surface area contributed by atoms with Crippen molar-refractivity contribution in [1.82, 2.24) is 9.78 Å². The van der Waals surface area contributed by atoms with Gasteiger partial charge in [-0.25, -0.2) is 17.9 Å². The van der Waals surface area contributed by atoms with Gasteiger partial charge in [0.1, 0.15) is 0 Å². The standard InChI is InChI=1S/C33H31FN2O5S/c1-42(39,40)28-7-3-2-6-25(28)32(23-14-15-23)31(22-12-9-21(10-13-22)11-18-30(37)38)24-16-17-27-26(20-24)33(34)35-36(27)29-8-4-5-19-41-29/h2-3,6-7,9-13,16-18,20,23,29H,4-5,8,14-15,19H2,1H3,(H,37,38). The van der Waals surface area contributed by atoms with Crippen LogP contribution in [0.4, 0.5) is 4.39 Å². The number of halogens is 1. The molecule has 1 saturated carbocycles. The average Bonchev–Trinajstić information content (AvgIpc) is 3.77. The highest BCUT2D eigenvalue weighted by Gasteiger charge is 2.33. The number of carboxylic acids is 1. The number of carbonyl (C=O) groups is 1. The van der Waals surface area contributed by atoms with Crippen LogP contribution < -0.4 is 0 Å². The fourth-order valence-corrected chi connectivity index (χ4v) is 6.65. The van der Waals surface area contributed by atoms with Crippen LogP contribution in [-0.2, 0) is 19.4 Å². The Labute approximate surface area is 243 Å². The highest BCUT2D eigenvalue weighted by atomic mass is 32.2. The van der Waals surface area contributed by atoms with E-state index >= 15 is 4.39 Å². The van der Waals surface area contributed by atoms with Crippen LogP contribution in [0, 0.1) is 11.9 Å². The summed E-state index contributed by atoms with van der Waals surface area (Å²) in [7, 11) is -3.54. The van der Waals surface area contributed by atoms with Crippen LogP contribution in [0.1, 0.15) is 60.6 Å². The first-order chi connectivity index (χ1) is 20.2. The molecule has 9 heteroatoms. The van der Waals surface area contributed by atoms with Crippen LogP contribution in [0.25, 0.3) is 28.1 Å². The zero-order chi connectivity index (χ0) is 29.4. The number of aliphatic carboxylic acids is 1. The number of sulfone groups is 1. The van der Waals surface area contributed by atoms with E-state index in [0.29, 0.717) is 28.6 Å². The molecule has 4 aromatic rings. The largest absolute Gasteiger partial charge is 0.478 e. The van der Waals surface area contributed by atoms with Gasteiger partial charge in [-0.3, -0.25) is 0 Å². The van der Waals surface area contributed by atoms with E-state index in [2.05, 4.69) is 5.10 Å². The second-order valence-corrected chi connectivity index (χ2v) is 12.9. The molecule has 2 fully saturated rings. The number of hydrogen-bond acceptors (Lipinski definition) is 5. The molecule has 1 N–H and O–H groups in total. The Morgan fingerprint density at radius 3 is 2.43 bits per heavy atom. The van der Waals surface area contributed by atoms with Gasteiger partial charge >= 0.3 is 5.97 Å². The highest BCUT2D eigenvalue weighted by Crippen LogP contribution is 2.49. The number of hydrogen-bond donors (Lipinski definition) is 1. The molecule has 1 unspecified atom stereocenters. The van der Waals surface area contributed by atoms with Gasteiger partial charge < -0.3 is 9.84 Å². The quantitative estimate of drug-likeness (QED) is 0.181. The van der Waals surface area contributed by atoms with Gasteiger partial charge in [0.25, 0.3) is 0 Å². The maximum atomic E-state index is 15.4. The van der Waals surface area contributed by atoms with Crippen molar-refractivity contribution in [3.8, 4) is 0 Å². The minimum atomic E-state index is -3.54. The number of rotatable bonds is 8. The molecular weight excluding hydrogens is 555 g/mol. The summed E-state index contributed by atoms with van der Waals surface area (Å²) in [6.07, 6.45) is 8.02. The third-order valence-corrected chi connectivity index (χ3v) is 8.98. The van der Waals surface area contributed by atoms with Gasteiger partial charge in [0.05, 0.1) is 15.8 Å². The van der Waals surface area contributed by atoms with E-state index in [0.717, 1.165) is 60.5 Å². The van der Waals surface area contributed by atoms with Crippen molar-refractivity contribution in [3.63, 3.8) is 0 Å². The highest BCUT2D eigenvalue weighted by molar-refractivity contribution is 7.90. The van der Waals surface area contributed by atoms with E-state index < -0.39 is 21.8 Å². The molecule has 1 aliphatic carbocycles. The lowest BCUT2D eigenvalue weighted by Gasteiger charge is -2.23. The number of carboxylic acid groups (broad SMARTS) is 1. The minimum Gasteiger partial charge on any atom is -0.478 e. The predicted octanol–water partition coefficient (Wildman–Crippen LogP) is 6.74. The van der Waals surface area contributed by atoms with E-state index in [-0.39, 0.29) is 17.0 Å². The van der Waals surface area contributed by atoms with Crippen molar-refractivity contribution in [3.05, 3.63) is 101 Å². The Hall–Kier alpha value is -4.08. The van der Waals surface area contributed by atoms with E-state index in [1.54, 1.807) is 22.9 Å². The van der Waals surface area contributed by atoms with Gasteiger partial charge in [0.2, 0.25) is 5.95 Å². The van der Waals surface area contributed by atoms with Gasteiger partial charge in [-0.05, 0) is 95.7 Å². The van der Waals surface area contributed by atoms with Crippen LogP contribution in [0.15, 0.2) is 77.7 Å². The Morgan fingerprint density at radius 2 is 1.76 bits per heavy atom. The number of allylic oxidation sites excluding steroid dienone is 1. The average molecular weight is 587 g/mol. The maximum absolute atomic E-state index is 15.4. The zero-order valence-corrected chi connectivity index (χ0v) is 24.0. The molecule has 1 aromatic heterocycles. The molecule has 0 amide bonds. The normalized spacial score (nSPS) is 18.4. The summed E-state index contributed by atoms with van der Waals surface area (Å²) in [6.45, 7) is 0.612. The topological polar surface area (TPSA) is 98.5 Å². The Morgan fingerprint density at radius 1 is 1.02 bits per heavy atom. The summed E-state index contributed by atoms with van der Waals surface area (Å²) in [5, 5.41) is 13.6. The molecular formula is C33H31FN2O5S. The molecule has 42 heavy (non-hydrogen) atoms. The maximum Gasteiger partial charge on any atom is 0.328 e. The van der Waals surface area contributed by atoms with Crippen LogP contribution in [-0.4, -0.2) is 42.1 Å². The fraction of sp³-hybridized carbons (Fsp3) is 0.273. The molecule has 2 heterocycles. The monoisotopic (exact) mass is 586 g/mol. The summed E-state index contributed by atoms with van der Waals surface area (Å²) >= 11 is 0. The van der Waals surface area contributed by atoms with Gasteiger partial charge in [0.15, 0.2) is 16.1 Å². The van der Waals surface area contributed by atoms with Crippen molar-refractivity contribution in [2.75, 3.05) is 12.9 Å². The lowest BCUT2D eigenvalue weighted by molar-refractivity contribution is -0.131. The number of ether oxygens (including phenoxy) is 1. The van der Waals surface area contributed by atoms with Crippen molar-refractivity contribution < 1.29 is 27.4 Å². The predicted molar refractivity (Wildman–Crippen MR) is 160 cm³/mol. The lowest BCUT2D eigenvalue weighted by Crippen LogP contribution is -2.19. The Kier molecular flexibility index (Phi) is 7.55. The van der Waals surface area contributed by atoms with E-state index in [1.807, 2.05) is 48.5 Å². The summed E-state index contributed by atoms with van der Waals surface area (Å²) in [5.74, 6) is -1.49. The molecule has 6 rings (SSSR count). The van der Waals surface area contributed by atoms with E-state index in [4.69, 9.17) is 9.84 Å². The van der Waals surface area contributed by atoms with Crippen molar-refractivity contribution in [2.24, 2.45) is 5.92 Å². The van der Waals surface area contributed by atoms with Crippen molar-refractivity contribution in [1.29, 1.82) is 0 Å². The minimum absolute atomic E-state index is 0.133. The fourth-order valence-electron chi connectivity index (χ4n) is 5.74. The van der Waals surface area contributed by atoms with Gasteiger partial charge in [-0.2, -0.15) is 4.39 Å². The number of fused-ring (bicyclic) bond motifs is 1. The Bertz CT molecular complexity index is 1830. The molecule has 1 atom stereocenters. The summed E-state index contributed by atoms with van der Waals surface area (Å²) < 4.78 is 48.7. The van der Waals surface area contributed by atoms with E-state index in [1.165, 1.54) is 12.3 Å². The van der Waals surface area contributed by atoms with Crippen LogP contribution in [0.3, 0.4) is 0 Å². The molecule has 7 nitrogen and oxygen atoms in total. The number of aromatic nitrogens is 2. The second kappa shape index (κ2) is 11.3. The van der Waals surface area contributed by atoms with Gasteiger partial charge in [-0.1, -0.05) is 48.5 Å². The first kappa shape index (κ1) is 28.1. The smallest absolute Gasteiger partial charge is 0.328 e. The van der Waals surface area contributed by atoms with Crippen LogP contribution >= 0.6 is 0 Å². The SMILES string of the molecule is CS(=O)(=O)c1ccccc1C(=C(c1ccc(C=CC(=O)O)cc1)c1ccc2c(c1)c(F)nn2C1CCCCO1)C1CC1. The van der Waals surface area contributed by atoms with Gasteiger partial charge in [-0.15, -0.1) is 5.10 Å². The molecule has 0 bridgehead atoms. The van der Waals surface area contributed by atoms with Crippen LogP contribution in [0.2, 0.25) is 0 Å². The lowest BCUT2D eigenvalue weighted by atomic mass is 9.86. The molecule has 0 radical (unpaired) electrons. The first-order valence-corrected chi connectivity index (χ1v) is 15.9. The summed E-state index contributed by atoms with van der Waals surface area (Å²) in [4.78, 5) is 11.3. The third-order valence-electron chi connectivity index (χ3n) is 7.83. The third kappa shape index (κ3) is 5.67. The van der Waals surface area contributed by atoms with Gasteiger partial charge in [0, 0.05) is 18.9 Å². The van der Waals surface area contributed by atoms with Crippen molar-refractivity contribution in [2.45, 2.75) is 43.2 Å². The first-order valence-electron chi connectivity index (χ1n) is 14.1. The summed E-state index contributed by atoms with van der Waals surface area (Å²) in [5.41, 5.74) is 5.25. The van der Waals surface area contributed by atoms with Crippen molar-refractivity contribution >= 4 is 43.9 Å². The zero-order valence-electron chi connectivity index (χ0n) is 23.2. The molecule has 1 saturated heterocycles. The van der Waals surface area contributed by atoms with Crippen LogP contribution in [0.5, 0.6) is 0 Å². The molecule has 216 valence electrons. The number of nitrogens with zero attached hydrogens (tertiary/aromatic N) is 2. The molecule has 1 aliphatic heterocycles. The molecule has 0 spiro atoms. The number of benzene rings is 3. The van der Waals surface area contributed by atoms with E-state index in [9.17, 15) is 13.2 Å². The Balaban J connectivity index is 1.58. The second-order valence-electron chi connectivity index (χ2n) is 10.9.